The quantitative estimate of drug-likeness (QED) is 0.0890. The van der Waals surface area contributed by atoms with Crippen LogP contribution in [0.15, 0.2) is 134 Å². The molecular formula is C40H39ClN4O3. The van der Waals surface area contributed by atoms with Gasteiger partial charge in [-0.2, -0.15) is 0 Å². The van der Waals surface area contributed by atoms with Crippen LogP contribution in [0.4, 0.5) is 0 Å². The molecule has 5 rings (SSSR count). The zero-order valence-electron chi connectivity index (χ0n) is 27.0. The lowest BCUT2D eigenvalue weighted by Gasteiger charge is -2.38. The van der Waals surface area contributed by atoms with Gasteiger partial charge in [-0.05, 0) is 84.3 Å². The van der Waals surface area contributed by atoms with E-state index in [1.165, 1.54) is 4.90 Å². The number of carbonyl (C=O) groups is 3. The fourth-order valence-corrected chi connectivity index (χ4v) is 5.95. The number of benzene rings is 3. The molecule has 244 valence electrons. The molecule has 0 aliphatic carbocycles. The number of nitrogens with zero attached hydrogens (tertiary/aromatic N) is 4. The van der Waals surface area contributed by atoms with Crippen molar-refractivity contribution in [3.05, 3.63) is 167 Å². The molecule has 5 aromatic rings. The molecule has 0 radical (unpaired) electrons. The van der Waals surface area contributed by atoms with Crippen molar-refractivity contribution < 1.29 is 14.4 Å². The van der Waals surface area contributed by atoms with Gasteiger partial charge in [0.15, 0.2) is 0 Å². The molecule has 2 heterocycles. The monoisotopic (exact) mass is 658 g/mol. The van der Waals surface area contributed by atoms with E-state index in [1.54, 1.807) is 74.3 Å². The van der Waals surface area contributed by atoms with Crippen molar-refractivity contribution in [1.82, 2.24) is 19.8 Å². The molecule has 0 N–H and O–H groups in total. The van der Waals surface area contributed by atoms with E-state index in [1.807, 2.05) is 71.6 Å². The molecule has 2 aromatic heterocycles. The lowest BCUT2D eigenvalue weighted by molar-refractivity contribution is -0.145. The van der Waals surface area contributed by atoms with Crippen LogP contribution in [0.3, 0.4) is 0 Å². The van der Waals surface area contributed by atoms with Crippen LogP contribution >= 0.6 is 11.6 Å². The minimum atomic E-state index is -0.945. The Morgan fingerprint density at radius 2 is 1.17 bits per heavy atom. The van der Waals surface area contributed by atoms with Crippen LogP contribution in [0.25, 0.3) is 0 Å². The van der Waals surface area contributed by atoms with E-state index >= 15 is 4.79 Å². The van der Waals surface area contributed by atoms with Crippen LogP contribution in [0, 0.1) is 0 Å². The van der Waals surface area contributed by atoms with Crippen LogP contribution in [0.5, 0.6) is 0 Å². The van der Waals surface area contributed by atoms with Gasteiger partial charge in [-0.3, -0.25) is 24.4 Å². The Morgan fingerprint density at radius 3 is 1.71 bits per heavy atom. The van der Waals surface area contributed by atoms with Gasteiger partial charge < -0.3 is 9.80 Å². The fraction of sp³-hybridized carbons (Fsp3) is 0.225. The highest BCUT2D eigenvalue weighted by atomic mass is 35.5. The van der Waals surface area contributed by atoms with Crippen LogP contribution in [-0.2, 0) is 35.4 Å². The summed E-state index contributed by atoms with van der Waals surface area (Å²) in [4.78, 5) is 53.8. The van der Waals surface area contributed by atoms with Crippen LogP contribution in [0.1, 0.15) is 45.5 Å². The molecule has 0 fully saturated rings. The average Bonchev–Trinajstić information content (AvgIpc) is 3.14. The molecule has 1 atom stereocenters. The maximum Gasteiger partial charge on any atom is 0.295 e. The number of pyridine rings is 2. The third kappa shape index (κ3) is 9.46. The highest BCUT2D eigenvalue weighted by Gasteiger charge is 2.36. The summed E-state index contributed by atoms with van der Waals surface area (Å²) >= 11 is 6.19. The SMILES string of the molecule is CN(C(=O)C(=O)c1ccccc1)C(Cc1ccc(Cl)cc1)C(=O)N(Cc1ccccc1)C(CCc1ccncc1)CCc1ccncc1. The number of rotatable bonds is 15. The highest BCUT2D eigenvalue weighted by molar-refractivity contribution is 6.43. The molecular weight excluding hydrogens is 620 g/mol. The van der Waals surface area contributed by atoms with Crippen molar-refractivity contribution in [2.45, 2.75) is 50.7 Å². The summed E-state index contributed by atoms with van der Waals surface area (Å²) in [6.45, 7) is 0.350. The first-order valence-corrected chi connectivity index (χ1v) is 16.5. The fourth-order valence-electron chi connectivity index (χ4n) is 5.83. The van der Waals surface area contributed by atoms with E-state index in [9.17, 15) is 9.59 Å². The normalized spacial score (nSPS) is 11.6. The molecule has 48 heavy (non-hydrogen) atoms. The van der Waals surface area contributed by atoms with Crippen molar-refractivity contribution in [1.29, 1.82) is 0 Å². The number of aromatic nitrogens is 2. The largest absolute Gasteiger partial charge is 0.334 e. The summed E-state index contributed by atoms with van der Waals surface area (Å²) in [6.07, 6.45) is 10.2. The third-order valence-electron chi connectivity index (χ3n) is 8.60. The predicted octanol–water partition coefficient (Wildman–Crippen LogP) is 7.05. The summed E-state index contributed by atoms with van der Waals surface area (Å²) in [5, 5.41) is 0.573. The lowest BCUT2D eigenvalue weighted by atomic mass is 9.95. The molecule has 3 aromatic carbocycles. The van der Waals surface area contributed by atoms with Gasteiger partial charge in [0.2, 0.25) is 11.7 Å². The average molecular weight is 659 g/mol. The van der Waals surface area contributed by atoms with Crippen LogP contribution < -0.4 is 0 Å². The topological polar surface area (TPSA) is 83.5 Å². The number of halogens is 1. The Hall–Kier alpha value is -5.14. The summed E-state index contributed by atoms with van der Waals surface area (Å²) in [6, 6.07) is 32.4. The first-order chi connectivity index (χ1) is 23.4. The number of likely N-dealkylation sites (N-methyl/N-ethyl adjacent to an activating group) is 1. The number of hydrogen-bond acceptors (Lipinski definition) is 5. The number of aryl methyl sites for hydroxylation is 2. The minimum absolute atomic E-state index is 0.180. The molecule has 0 aliphatic heterocycles. The van der Waals surface area contributed by atoms with Crippen LogP contribution in [0.2, 0.25) is 5.02 Å². The Labute approximate surface area is 287 Å². The van der Waals surface area contributed by atoms with E-state index in [0.29, 0.717) is 24.4 Å². The van der Waals surface area contributed by atoms with Crippen molar-refractivity contribution in [3.63, 3.8) is 0 Å². The zero-order chi connectivity index (χ0) is 33.7. The molecule has 0 spiro atoms. The second kappa shape index (κ2) is 17.1. The van der Waals surface area contributed by atoms with Crippen molar-refractivity contribution in [2.24, 2.45) is 0 Å². The second-order valence-corrected chi connectivity index (χ2v) is 12.3. The van der Waals surface area contributed by atoms with E-state index in [0.717, 1.165) is 35.1 Å². The number of hydrogen-bond donors (Lipinski definition) is 0. The van der Waals surface area contributed by atoms with E-state index in [2.05, 4.69) is 9.97 Å². The number of carbonyl (C=O) groups excluding carboxylic acids is 3. The molecule has 0 aliphatic rings. The Bertz CT molecular complexity index is 1710. The Morgan fingerprint density at radius 1 is 0.646 bits per heavy atom. The molecule has 7 nitrogen and oxygen atoms in total. The molecule has 0 saturated carbocycles. The summed E-state index contributed by atoms with van der Waals surface area (Å²) in [5.41, 5.74) is 4.34. The van der Waals surface area contributed by atoms with Gasteiger partial charge in [0.25, 0.3) is 5.91 Å². The predicted molar refractivity (Wildman–Crippen MR) is 188 cm³/mol. The lowest BCUT2D eigenvalue weighted by Crippen LogP contribution is -2.54. The zero-order valence-corrected chi connectivity index (χ0v) is 27.7. The first-order valence-electron chi connectivity index (χ1n) is 16.1. The number of ketones is 1. The molecule has 0 bridgehead atoms. The summed E-state index contributed by atoms with van der Waals surface area (Å²) < 4.78 is 0. The maximum absolute atomic E-state index is 15.1. The van der Waals surface area contributed by atoms with Crippen molar-refractivity contribution in [3.8, 4) is 0 Å². The minimum Gasteiger partial charge on any atom is -0.334 e. The van der Waals surface area contributed by atoms with Crippen LogP contribution in [-0.4, -0.2) is 56.5 Å². The standard InChI is InChI=1S/C40H39ClN4O3/c1-44(40(48)38(46)34-10-6-3-7-11-34)37(28-32-12-16-35(41)17-13-32)39(47)45(29-33-8-4-2-5-9-33)36(18-14-30-20-24-42-25-21-30)19-15-31-22-26-43-27-23-31/h2-13,16-17,20-27,36-37H,14-15,18-19,28-29H2,1H3. The van der Waals surface area contributed by atoms with E-state index in [-0.39, 0.29) is 23.9 Å². The smallest absolute Gasteiger partial charge is 0.295 e. The van der Waals surface area contributed by atoms with Gasteiger partial charge in [0.1, 0.15) is 6.04 Å². The molecule has 8 heteroatoms. The van der Waals surface area contributed by atoms with Gasteiger partial charge in [-0.1, -0.05) is 84.4 Å². The first kappa shape index (κ1) is 34.2. The van der Waals surface area contributed by atoms with Gasteiger partial charge in [0, 0.05) is 61.4 Å². The molecule has 2 amide bonds. The number of Topliss-reactive ketones (excluding diaryl/α,β-unsaturated/α-hetero) is 1. The van der Waals surface area contributed by atoms with Gasteiger partial charge in [-0.25, -0.2) is 0 Å². The maximum atomic E-state index is 15.1. The Balaban J connectivity index is 1.52. The van der Waals surface area contributed by atoms with Crippen molar-refractivity contribution in [2.75, 3.05) is 7.05 Å². The van der Waals surface area contributed by atoms with Crippen molar-refractivity contribution >= 4 is 29.2 Å². The van der Waals surface area contributed by atoms with Gasteiger partial charge >= 0.3 is 0 Å². The third-order valence-corrected chi connectivity index (χ3v) is 8.85. The highest BCUT2D eigenvalue weighted by Crippen LogP contribution is 2.23. The second-order valence-electron chi connectivity index (χ2n) is 11.9. The molecule has 0 saturated heterocycles. The van der Waals surface area contributed by atoms with Gasteiger partial charge in [-0.15, -0.1) is 0 Å². The van der Waals surface area contributed by atoms with E-state index in [4.69, 9.17) is 11.6 Å². The number of amides is 2. The van der Waals surface area contributed by atoms with Gasteiger partial charge in [0.05, 0.1) is 0 Å². The van der Waals surface area contributed by atoms with E-state index < -0.39 is 17.7 Å². The summed E-state index contributed by atoms with van der Waals surface area (Å²) in [5.74, 6) is -1.62. The summed E-state index contributed by atoms with van der Waals surface area (Å²) in [7, 11) is 1.55. The molecule has 1 unspecified atom stereocenters. The Kier molecular flexibility index (Phi) is 12.2.